The van der Waals surface area contributed by atoms with Crippen molar-refractivity contribution in [3.8, 4) is 6.07 Å². The normalized spacial score (nSPS) is 34.8. The number of likely N-dealkylation sites (tertiary alicyclic amines) is 3. The molecule has 0 spiro atoms. The predicted octanol–water partition coefficient (Wildman–Crippen LogP) is 1.21. The summed E-state index contributed by atoms with van der Waals surface area (Å²) in [4.78, 5) is 44.1. The SMILES string of the molecule is C[C@@H](CN1C[C@@H]2C[C@H]1C(=O)N2[C@@H]1CCc2cc(C(N)=O)ccc21)C(=O)N1C2C[C@H]2C[C@H]1C#N. The molecule has 2 N–H and O–H groups in total. The van der Waals surface area contributed by atoms with Crippen molar-refractivity contribution in [3.05, 3.63) is 34.9 Å². The van der Waals surface area contributed by atoms with Crippen molar-refractivity contribution >= 4 is 17.7 Å². The molecule has 172 valence electrons. The molecular formula is C25H29N5O3. The molecular weight excluding hydrogens is 418 g/mol. The van der Waals surface area contributed by atoms with Crippen LogP contribution in [0.5, 0.6) is 0 Å². The number of piperazine rings is 1. The summed E-state index contributed by atoms with van der Waals surface area (Å²) in [6.45, 7) is 3.28. The highest BCUT2D eigenvalue weighted by atomic mass is 16.2. The number of rotatable bonds is 5. The largest absolute Gasteiger partial charge is 0.366 e. The molecule has 6 rings (SSSR count). The van der Waals surface area contributed by atoms with E-state index in [9.17, 15) is 19.6 Å². The number of nitrogens with two attached hydrogens (primary N) is 1. The molecule has 0 aromatic heterocycles. The Bertz CT molecular complexity index is 1100. The van der Waals surface area contributed by atoms with Gasteiger partial charge in [0.15, 0.2) is 0 Å². The van der Waals surface area contributed by atoms with E-state index in [1.54, 1.807) is 6.07 Å². The summed E-state index contributed by atoms with van der Waals surface area (Å²) in [7, 11) is 0. The molecule has 3 amide bonds. The van der Waals surface area contributed by atoms with E-state index < -0.39 is 5.91 Å². The van der Waals surface area contributed by atoms with Crippen LogP contribution in [-0.2, 0) is 16.0 Å². The second-order valence-corrected chi connectivity index (χ2v) is 10.5. The summed E-state index contributed by atoms with van der Waals surface area (Å²) in [6, 6.07) is 7.90. The van der Waals surface area contributed by atoms with Gasteiger partial charge in [0.05, 0.1) is 18.2 Å². The van der Waals surface area contributed by atoms with Crippen LogP contribution in [0.15, 0.2) is 18.2 Å². The van der Waals surface area contributed by atoms with E-state index in [-0.39, 0.29) is 47.9 Å². The van der Waals surface area contributed by atoms with Crippen molar-refractivity contribution in [1.29, 1.82) is 5.26 Å². The molecule has 1 unspecified atom stereocenters. The van der Waals surface area contributed by atoms with Gasteiger partial charge in [0, 0.05) is 36.7 Å². The number of fused-ring (bicyclic) bond motifs is 4. The minimum absolute atomic E-state index is 0.0541. The molecule has 3 aliphatic heterocycles. The Kier molecular flexibility index (Phi) is 4.57. The fourth-order valence-corrected chi connectivity index (χ4v) is 6.91. The van der Waals surface area contributed by atoms with E-state index in [0.29, 0.717) is 18.0 Å². The lowest BCUT2D eigenvalue weighted by Crippen LogP contribution is -2.53. The molecule has 7 atom stereocenters. The maximum atomic E-state index is 13.4. The summed E-state index contributed by atoms with van der Waals surface area (Å²) >= 11 is 0. The van der Waals surface area contributed by atoms with Gasteiger partial charge in [-0.25, -0.2) is 0 Å². The highest BCUT2D eigenvalue weighted by molar-refractivity contribution is 5.93. The van der Waals surface area contributed by atoms with Crippen LogP contribution in [0, 0.1) is 23.2 Å². The first kappa shape index (κ1) is 20.7. The van der Waals surface area contributed by atoms with E-state index in [1.165, 1.54) is 0 Å². The quantitative estimate of drug-likeness (QED) is 0.729. The van der Waals surface area contributed by atoms with Crippen LogP contribution < -0.4 is 5.73 Å². The van der Waals surface area contributed by atoms with Gasteiger partial charge in [-0.05, 0) is 61.3 Å². The maximum Gasteiger partial charge on any atom is 0.248 e. The van der Waals surface area contributed by atoms with Gasteiger partial charge in [-0.1, -0.05) is 13.0 Å². The third kappa shape index (κ3) is 3.09. The standard InChI is InChI=1S/C25H29N5O3/c1-13(24(32)29-17(10-26)7-16-8-21(16)29)11-28-12-18-9-22(28)25(33)30(18)20-5-3-14-6-15(23(27)31)2-4-19(14)20/h2,4,6,13,16-18,20-22H,3,5,7-9,11-12H2,1H3,(H2,27,31)/t13-,16+,17-,18-,20+,21?,22-/m0/s1. The zero-order valence-electron chi connectivity index (χ0n) is 18.8. The van der Waals surface area contributed by atoms with Crippen LogP contribution in [-0.4, -0.2) is 69.7 Å². The van der Waals surface area contributed by atoms with Crippen molar-refractivity contribution in [2.24, 2.45) is 17.6 Å². The summed E-state index contributed by atoms with van der Waals surface area (Å²) in [5.41, 5.74) is 8.18. The van der Waals surface area contributed by atoms with Crippen LogP contribution >= 0.6 is 0 Å². The number of hydrogen-bond acceptors (Lipinski definition) is 5. The molecule has 1 saturated carbocycles. The lowest BCUT2D eigenvalue weighted by atomic mass is 10.0. The Balaban J connectivity index is 1.13. The molecule has 33 heavy (non-hydrogen) atoms. The third-order valence-corrected chi connectivity index (χ3v) is 8.56. The fourth-order valence-electron chi connectivity index (χ4n) is 6.91. The third-order valence-electron chi connectivity index (χ3n) is 8.56. The van der Waals surface area contributed by atoms with Crippen LogP contribution in [0.1, 0.15) is 60.1 Å². The monoisotopic (exact) mass is 447 g/mol. The molecule has 2 bridgehead atoms. The number of nitrogens with zero attached hydrogens (tertiary/aromatic N) is 4. The van der Waals surface area contributed by atoms with Crippen molar-refractivity contribution in [2.75, 3.05) is 13.1 Å². The van der Waals surface area contributed by atoms with Crippen molar-refractivity contribution in [1.82, 2.24) is 14.7 Å². The Morgan fingerprint density at radius 3 is 2.79 bits per heavy atom. The first-order chi connectivity index (χ1) is 15.9. The molecule has 0 radical (unpaired) electrons. The smallest absolute Gasteiger partial charge is 0.248 e. The number of carbonyl (C=O) groups is 3. The van der Waals surface area contributed by atoms with Crippen LogP contribution in [0.2, 0.25) is 0 Å². The second kappa shape index (κ2) is 7.29. The maximum absolute atomic E-state index is 13.4. The van der Waals surface area contributed by atoms with E-state index in [0.717, 1.165) is 49.8 Å². The first-order valence-corrected chi connectivity index (χ1v) is 12.1. The second-order valence-electron chi connectivity index (χ2n) is 10.5. The lowest BCUT2D eigenvalue weighted by Gasteiger charge is -2.39. The lowest BCUT2D eigenvalue weighted by molar-refractivity contribution is -0.142. The Hall–Kier alpha value is -2.92. The summed E-state index contributed by atoms with van der Waals surface area (Å²) in [5, 5.41) is 9.43. The Morgan fingerprint density at radius 1 is 1.24 bits per heavy atom. The van der Waals surface area contributed by atoms with E-state index >= 15 is 0 Å². The predicted molar refractivity (Wildman–Crippen MR) is 119 cm³/mol. The molecule has 8 heteroatoms. The molecule has 4 fully saturated rings. The number of aryl methyl sites for hydroxylation is 1. The van der Waals surface area contributed by atoms with E-state index in [1.807, 2.05) is 24.0 Å². The molecule has 5 aliphatic rings. The number of benzene rings is 1. The van der Waals surface area contributed by atoms with E-state index in [4.69, 9.17) is 5.73 Å². The summed E-state index contributed by atoms with van der Waals surface area (Å²) < 4.78 is 0. The topological polar surface area (TPSA) is 111 Å². The number of carbonyl (C=O) groups excluding carboxylic acids is 3. The first-order valence-electron chi connectivity index (χ1n) is 12.1. The number of hydrogen-bond donors (Lipinski definition) is 1. The molecule has 1 aromatic rings. The molecule has 3 saturated heterocycles. The van der Waals surface area contributed by atoms with E-state index in [2.05, 4.69) is 15.9 Å². The zero-order chi connectivity index (χ0) is 23.0. The van der Waals surface area contributed by atoms with Gasteiger partial charge < -0.3 is 15.5 Å². The van der Waals surface area contributed by atoms with Gasteiger partial charge in [-0.2, -0.15) is 5.26 Å². The number of amides is 3. The van der Waals surface area contributed by atoms with Crippen molar-refractivity contribution in [3.63, 3.8) is 0 Å². The van der Waals surface area contributed by atoms with Crippen LogP contribution in [0.4, 0.5) is 0 Å². The Labute approximate surface area is 193 Å². The van der Waals surface area contributed by atoms with Crippen LogP contribution in [0.25, 0.3) is 0 Å². The number of piperidine rings is 1. The van der Waals surface area contributed by atoms with Gasteiger partial charge in [0.1, 0.15) is 6.04 Å². The number of nitriles is 1. The van der Waals surface area contributed by atoms with Gasteiger partial charge in [0.2, 0.25) is 17.7 Å². The average molecular weight is 448 g/mol. The molecule has 3 heterocycles. The van der Waals surface area contributed by atoms with Gasteiger partial charge in [0.25, 0.3) is 0 Å². The summed E-state index contributed by atoms with van der Waals surface area (Å²) in [5.74, 6) is 0.0797. The summed E-state index contributed by atoms with van der Waals surface area (Å²) in [6.07, 6.45) is 4.36. The Morgan fingerprint density at radius 2 is 2.06 bits per heavy atom. The number of primary amides is 1. The van der Waals surface area contributed by atoms with Crippen molar-refractivity contribution in [2.45, 2.75) is 69.2 Å². The zero-order valence-corrected chi connectivity index (χ0v) is 18.8. The average Bonchev–Trinajstić information content (AvgIpc) is 3.15. The van der Waals surface area contributed by atoms with Crippen molar-refractivity contribution < 1.29 is 14.4 Å². The van der Waals surface area contributed by atoms with Gasteiger partial charge in [-0.15, -0.1) is 0 Å². The van der Waals surface area contributed by atoms with Gasteiger partial charge in [-0.3, -0.25) is 19.3 Å². The minimum atomic E-state index is -0.427. The fraction of sp³-hybridized carbons (Fsp3) is 0.600. The van der Waals surface area contributed by atoms with Gasteiger partial charge >= 0.3 is 0 Å². The molecule has 1 aromatic carbocycles. The molecule has 8 nitrogen and oxygen atoms in total. The molecule has 2 aliphatic carbocycles. The minimum Gasteiger partial charge on any atom is -0.366 e. The highest BCUT2D eigenvalue weighted by Crippen LogP contribution is 2.48. The highest BCUT2D eigenvalue weighted by Gasteiger charge is 2.56. The van der Waals surface area contributed by atoms with Crippen LogP contribution in [0.3, 0.4) is 0 Å².